The molecule has 3 fully saturated rings. The fraction of sp³-hybridized carbons (Fsp3) is 0.867. The zero-order valence-corrected chi connectivity index (χ0v) is 26.2. The van der Waals surface area contributed by atoms with Crippen LogP contribution in [-0.4, -0.2) is 73.2 Å². The summed E-state index contributed by atoms with van der Waals surface area (Å²) in [6.45, 7) is 20.8. The molecule has 0 aromatic carbocycles. The van der Waals surface area contributed by atoms with E-state index in [1.165, 1.54) is 0 Å². The second-order valence-corrected chi connectivity index (χ2v) is 15.4. The van der Waals surface area contributed by atoms with E-state index in [9.17, 15) is 19.2 Å². The van der Waals surface area contributed by atoms with Gasteiger partial charge in [0.1, 0.15) is 18.3 Å². The van der Waals surface area contributed by atoms with Crippen molar-refractivity contribution < 1.29 is 47.6 Å². The van der Waals surface area contributed by atoms with Crippen LogP contribution in [0, 0.1) is 27.6 Å². The third kappa shape index (κ3) is 6.48. The van der Waals surface area contributed by atoms with E-state index < -0.39 is 81.7 Å². The molecule has 7 unspecified atom stereocenters. The van der Waals surface area contributed by atoms with E-state index in [0.29, 0.717) is 13.0 Å². The van der Waals surface area contributed by atoms with Gasteiger partial charge in [0.2, 0.25) is 0 Å². The van der Waals surface area contributed by atoms with Crippen LogP contribution in [0.15, 0.2) is 0 Å². The molecule has 1 aliphatic carbocycles. The number of hydrogen-bond acceptors (Lipinski definition) is 10. The van der Waals surface area contributed by atoms with Crippen LogP contribution in [0.4, 0.5) is 0 Å². The minimum Gasteiger partial charge on any atom is -0.462 e. The van der Waals surface area contributed by atoms with Crippen LogP contribution in [0.1, 0.15) is 89.5 Å². The van der Waals surface area contributed by atoms with E-state index >= 15 is 0 Å². The molecule has 40 heavy (non-hydrogen) atoms. The molecule has 10 heteroatoms. The summed E-state index contributed by atoms with van der Waals surface area (Å²) in [6.07, 6.45) is -4.35. The Kier molecular flexibility index (Phi) is 8.54. The molecule has 228 valence electrons. The number of fused-ring (bicyclic) bond motifs is 3. The third-order valence-electron chi connectivity index (χ3n) is 7.34. The minimum atomic E-state index is -1.23. The highest BCUT2D eigenvalue weighted by atomic mass is 16.7. The Morgan fingerprint density at radius 1 is 0.675 bits per heavy atom. The smallest absolute Gasteiger partial charge is 0.311 e. The predicted octanol–water partition coefficient (Wildman–Crippen LogP) is 4.01. The lowest BCUT2D eigenvalue weighted by Gasteiger charge is -2.47. The molecule has 2 heterocycles. The number of hydrogen-bond donors (Lipinski definition) is 0. The van der Waals surface area contributed by atoms with Crippen LogP contribution in [0.3, 0.4) is 0 Å². The minimum absolute atomic E-state index is 0.138. The first-order valence-corrected chi connectivity index (χ1v) is 14.1. The zero-order chi connectivity index (χ0) is 30.6. The molecule has 1 spiro atoms. The molecular weight excluding hydrogens is 520 g/mol. The Morgan fingerprint density at radius 2 is 1.12 bits per heavy atom. The quantitative estimate of drug-likeness (QED) is 0.355. The lowest BCUT2D eigenvalue weighted by molar-refractivity contribution is -0.278. The highest BCUT2D eigenvalue weighted by molar-refractivity contribution is 5.78. The van der Waals surface area contributed by atoms with E-state index in [4.69, 9.17) is 28.4 Å². The van der Waals surface area contributed by atoms with Crippen LogP contribution in [-0.2, 0) is 47.6 Å². The van der Waals surface area contributed by atoms with Crippen LogP contribution >= 0.6 is 0 Å². The van der Waals surface area contributed by atoms with Gasteiger partial charge in [-0.25, -0.2) is 0 Å². The molecule has 2 aliphatic heterocycles. The Labute approximate surface area is 238 Å². The molecule has 0 radical (unpaired) electrons. The maximum absolute atomic E-state index is 13.3. The standard InChI is InChI=1S/C30H48O10/c1-26(2,3)22(31)36-15-17-18(37-23(32)27(4,5)6)19(38-24(33)28(7,8)9)21(39-25(34)29(10,11)12)30(40-17)16-13-14-35-20(16)30/h16-21H,13-15H2,1-12H3. The van der Waals surface area contributed by atoms with Gasteiger partial charge in [-0.3, -0.25) is 19.2 Å². The lowest BCUT2D eigenvalue weighted by atomic mass is 9.88. The third-order valence-corrected chi connectivity index (χ3v) is 7.34. The molecule has 1 saturated carbocycles. The summed E-state index contributed by atoms with van der Waals surface area (Å²) in [4.78, 5) is 52.5. The topological polar surface area (TPSA) is 124 Å². The first kappa shape index (κ1) is 32.3. The van der Waals surface area contributed by atoms with Gasteiger partial charge in [0.25, 0.3) is 0 Å². The maximum atomic E-state index is 13.3. The summed E-state index contributed by atoms with van der Waals surface area (Å²) < 4.78 is 36.4. The molecule has 7 atom stereocenters. The fourth-order valence-electron chi connectivity index (χ4n) is 4.76. The molecule has 10 nitrogen and oxygen atoms in total. The summed E-state index contributed by atoms with van der Waals surface area (Å²) in [6, 6.07) is 0. The van der Waals surface area contributed by atoms with Gasteiger partial charge >= 0.3 is 23.9 Å². The van der Waals surface area contributed by atoms with Crippen LogP contribution in [0.2, 0.25) is 0 Å². The second kappa shape index (κ2) is 10.6. The van der Waals surface area contributed by atoms with Crippen molar-refractivity contribution in [2.75, 3.05) is 13.2 Å². The monoisotopic (exact) mass is 568 g/mol. The first-order valence-electron chi connectivity index (χ1n) is 14.1. The Morgan fingerprint density at radius 3 is 1.55 bits per heavy atom. The number of rotatable bonds is 5. The largest absolute Gasteiger partial charge is 0.462 e. The Bertz CT molecular complexity index is 993. The summed E-state index contributed by atoms with van der Waals surface area (Å²) >= 11 is 0. The number of ether oxygens (including phenoxy) is 6. The van der Waals surface area contributed by atoms with Crippen molar-refractivity contribution in [2.24, 2.45) is 27.6 Å². The zero-order valence-electron chi connectivity index (χ0n) is 26.2. The molecule has 0 N–H and O–H groups in total. The van der Waals surface area contributed by atoms with E-state index in [0.717, 1.165) is 0 Å². The molecule has 3 rings (SSSR count). The molecule has 0 amide bonds. The molecule has 3 aliphatic rings. The number of carbonyl (C=O) groups excluding carboxylic acids is 4. The van der Waals surface area contributed by atoms with Crippen molar-refractivity contribution in [3.63, 3.8) is 0 Å². The summed E-state index contributed by atoms with van der Waals surface area (Å²) in [7, 11) is 0. The molecule has 0 bridgehead atoms. The molecule has 0 aromatic heterocycles. The fourth-order valence-corrected chi connectivity index (χ4v) is 4.76. The van der Waals surface area contributed by atoms with Crippen LogP contribution in [0.25, 0.3) is 0 Å². The van der Waals surface area contributed by atoms with Crippen molar-refractivity contribution >= 4 is 23.9 Å². The van der Waals surface area contributed by atoms with Gasteiger partial charge in [-0.15, -0.1) is 0 Å². The van der Waals surface area contributed by atoms with E-state index in [2.05, 4.69) is 0 Å². The van der Waals surface area contributed by atoms with Gasteiger partial charge < -0.3 is 28.4 Å². The van der Waals surface area contributed by atoms with Crippen molar-refractivity contribution in [1.29, 1.82) is 0 Å². The van der Waals surface area contributed by atoms with Crippen molar-refractivity contribution in [1.82, 2.24) is 0 Å². The number of esters is 4. The lowest BCUT2D eigenvalue weighted by Crippen LogP contribution is -2.66. The molecule has 2 saturated heterocycles. The predicted molar refractivity (Wildman–Crippen MR) is 144 cm³/mol. The van der Waals surface area contributed by atoms with Crippen molar-refractivity contribution in [3.8, 4) is 0 Å². The normalized spacial score (nSPS) is 32.2. The van der Waals surface area contributed by atoms with Gasteiger partial charge in [-0.1, -0.05) is 0 Å². The first-order chi connectivity index (χ1) is 18.0. The highest BCUT2D eigenvalue weighted by Gasteiger charge is 2.80. The Balaban J connectivity index is 2.11. The highest BCUT2D eigenvalue weighted by Crippen LogP contribution is 2.62. The van der Waals surface area contributed by atoms with E-state index in [1.807, 2.05) is 0 Å². The van der Waals surface area contributed by atoms with Gasteiger partial charge in [0.15, 0.2) is 18.3 Å². The SMILES string of the molecule is CC(C)(C)C(=O)OCC1OC2(C3CCOC32)C(OC(=O)C(C)(C)C)C(OC(=O)C(C)(C)C)C1OC(=O)C(C)(C)C. The average Bonchev–Trinajstić information content (AvgIpc) is 3.11. The molecular formula is C30H48O10. The van der Waals surface area contributed by atoms with Crippen molar-refractivity contribution in [3.05, 3.63) is 0 Å². The second-order valence-electron chi connectivity index (χ2n) is 15.4. The Hall–Kier alpha value is -2.20. The van der Waals surface area contributed by atoms with Gasteiger partial charge in [0.05, 0.1) is 27.8 Å². The maximum Gasteiger partial charge on any atom is 0.311 e. The summed E-state index contributed by atoms with van der Waals surface area (Å²) in [5.41, 5.74) is -4.62. The number of carbonyl (C=O) groups is 4. The summed E-state index contributed by atoms with van der Waals surface area (Å²) in [5.74, 6) is -2.28. The molecule has 0 aromatic rings. The van der Waals surface area contributed by atoms with E-state index in [-0.39, 0.29) is 12.5 Å². The average molecular weight is 569 g/mol. The van der Waals surface area contributed by atoms with Gasteiger partial charge in [0, 0.05) is 12.5 Å². The van der Waals surface area contributed by atoms with Gasteiger partial charge in [-0.05, 0) is 89.5 Å². The van der Waals surface area contributed by atoms with Crippen molar-refractivity contribution in [2.45, 2.75) is 126 Å². The van der Waals surface area contributed by atoms with E-state index in [1.54, 1.807) is 83.1 Å². The van der Waals surface area contributed by atoms with Gasteiger partial charge in [-0.2, -0.15) is 0 Å². The summed E-state index contributed by atoms with van der Waals surface area (Å²) in [5, 5.41) is 0. The van der Waals surface area contributed by atoms with Crippen LogP contribution in [0.5, 0.6) is 0 Å². The van der Waals surface area contributed by atoms with Crippen LogP contribution < -0.4 is 0 Å².